The maximum atomic E-state index is 5.68. The van der Waals surface area contributed by atoms with Crippen molar-refractivity contribution < 1.29 is 9.47 Å². The second-order valence-electron chi connectivity index (χ2n) is 4.58. The van der Waals surface area contributed by atoms with Crippen LogP contribution in [0.1, 0.15) is 33.3 Å². The molecule has 0 radical (unpaired) electrons. The van der Waals surface area contributed by atoms with E-state index in [-0.39, 0.29) is 6.10 Å². The van der Waals surface area contributed by atoms with Crippen LogP contribution in [-0.4, -0.2) is 30.3 Å². The molecule has 0 aromatic carbocycles. The monoisotopic (exact) mass is 252 g/mol. The maximum Gasteiger partial charge on any atom is 0.218 e. The summed E-state index contributed by atoms with van der Waals surface area (Å²) in [6.45, 7) is 10.3. The zero-order chi connectivity index (χ0) is 13.4. The standard InChI is InChI=1S/C14H24N2O2/c1-5-17-10-12(4)16-9-13-7-6-8-15-14(13)18-11(2)3/h6-8,11-12,16H,5,9-10H2,1-4H3. The number of nitrogens with one attached hydrogen (secondary N) is 1. The molecule has 102 valence electrons. The predicted octanol–water partition coefficient (Wildman–Crippen LogP) is 2.38. The van der Waals surface area contributed by atoms with E-state index < -0.39 is 0 Å². The van der Waals surface area contributed by atoms with E-state index in [1.54, 1.807) is 6.20 Å². The summed E-state index contributed by atoms with van der Waals surface area (Å²) in [5.41, 5.74) is 1.08. The Kier molecular flexibility index (Phi) is 6.68. The van der Waals surface area contributed by atoms with Crippen molar-refractivity contribution in [2.75, 3.05) is 13.2 Å². The van der Waals surface area contributed by atoms with Gasteiger partial charge in [0.25, 0.3) is 0 Å². The third-order valence-corrected chi connectivity index (χ3v) is 2.41. The number of rotatable bonds is 8. The molecule has 1 aromatic heterocycles. The Balaban J connectivity index is 2.50. The molecular formula is C14H24N2O2. The summed E-state index contributed by atoms with van der Waals surface area (Å²) < 4.78 is 11.0. The van der Waals surface area contributed by atoms with Crippen molar-refractivity contribution in [1.82, 2.24) is 10.3 Å². The van der Waals surface area contributed by atoms with Crippen LogP contribution in [0.4, 0.5) is 0 Å². The largest absolute Gasteiger partial charge is 0.475 e. The highest BCUT2D eigenvalue weighted by Crippen LogP contribution is 2.15. The summed E-state index contributed by atoms with van der Waals surface area (Å²) in [6.07, 6.45) is 1.89. The SMILES string of the molecule is CCOCC(C)NCc1cccnc1OC(C)C. The van der Waals surface area contributed by atoms with Gasteiger partial charge in [-0.25, -0.2) is 4.98 Å². The first-order valence-corrected chi connectivity index (χ1v) is 6.55. The molecule has 1 rings (SSSR count). The van der Waals surface area contributed by atoms with Gasteiger partial charge < -0.3 is 14.8 Å². The molecule has 1 heterocycles. The van der Waals surface area contributed by atoms with E-state index in [0.29, 0.717) is 11.9 Å². The van der Waals surface area contributed by atoms with E-state index in [9.17, 15) is 0 Å². The predicted molar refractivity (Wildman–Crippen MR) is 72.8 cm³/mol. The van der Waals surface area contributed by atoms with Crippen LogP contribution >= 0.6 is 0 Å². The molecular weight excluding hydrogens is 228 g/mol. The molecule has 1 N–H and O–H groups in total. The van der Waals surface area contributed by atoms with Gasteiger partial charge in [0.15, 0.2) is 0 Å². The van der Waals surface area contributed by atoms with E-state index in [1.807, 2.05) is 32.9 Å². The summed E-state index contributed by atoms with van der Waals surface area (Å²) >= 11 is 0. The summed E-state index contributed by atoms with van der Waals surface area (Å²) in [7, 11) is 0. The molecule has 0 saturated heterocycles. The molecule has 1 aromatic rings. The van der Waals surface area contributed by atoms with Gasteiger partial charge in [0, 0.05) is 31.0 Å². The molecule has 1 atom stereocenters. The highest BCUT2D eigenvalue weighted by Gasteiger charge is 2.08. The van der Waals surface area contributed by atoms with Crippen LogP contribution in [0.15, 0.2) is 18.3 Å². The van der Waals surface area contributed by atoms with Crippen LogP contribution in [0.2, 0.25) is 0 Å². The average Bonchev–Trinajstić information content (AvgIpc) is 2.34. The molecule has 0 aliphatic carbocycles. The van der Waals surface area contributed by atoms with Crippen molar-refractivity contribution in [3.8, 4) is 5.88 Å². The van der Waals surface area contributed by atoms with Gasteiger partial charge >= 0.3 is 0 Å². The number of ether oxygens (including phenoxy) is 2. The minimum absolute atomic E-state index is 0.138. The molecule has 0 aliphatic rings. The molecule has 4 heteroatoms. The lowest BCUT2D eigenvalue weighted by atomic mass is 10.2. The fourth-order valence-corrected chi connectivity index (χ4v) is 1.53. The summed E-state index contributed by atoms with van der Waals surface area (Å²) in [4.78, 5) is 4.27. The van der Waals surface area contributed by atoms with Gasteiger partial charge in [-0.05, 0) is 33.8 Å². The molecule has 0 fully saturated rings. The van der Waals surface area contributed by atoms with Gasteiger partial charge in [-0.3, -0.25) is 0 Å². The number of aromatic nitrogens is 1. The topological polar surface area (TPSA) is 43.4 Å². The number of hydrogen-bond acceptors (Lipinski definition) is 4. The summed E-state index contributed by atoms with van der Waals surface area (Å²) in [6, 6.07) is 4.28. The summed E-state index contributed by atoms with van der Waals surface area (Å²) in [5.74, 6) is 0.712. The van der Waals surface area contributed by atoms with Gasteiger partial charge in [0.2, 0.25) is 5.88 Å². The first-order chi connectivity index (χ1) is 8.63. The van der Waals surface area contributed by atoms with E-state index in [4.69, 9.17) is 9.47 Å². The normalized spacial score (nSPS) is 12.7. The number of hydrogen-bond donors (Lipinski definition) is 1. The Hall–Kier alpha value is -1.13. The Morgan fingerprint density at radius 3 is 2.78 bits per heavy atom. The minimum atomic E-state index is 0.138. The zero-order valence-corrected chi connectivity index (χ0v) is 11.8. The van der Waals surface area contributed by atoms with E-state index in [0.717, 1.165) is 25.3 Å². The minimum Gasteiger partial charge on any atom is -0.475 e. The fourth-order valence-electron chi connectivity index (χ4n) is 1.53. The van der Waals surface area contributed by atoms with E-state index >= 15 is 0 Å². The molecule has 0 saturated carbocycles. The molecule has 0 bridgehead atoms. The van der Waals surface area contributed by atoms with Crippen molar-refractivity contribution in [2.24, 2.45) is 0 Å². The van der Waals surface area contributed by atoms with Crippen LogP contribution < -0.4 is 10.1 Å². The van der Waals surface area contributed by atoms with Crippen LogP contribution in [-0.2, 0) is 11.3 Å². The Bertz CT molecular complexity index is 342. The molecule has 0 spiro atoms. The first-order valence-electron chi connectivity index (χ1n) is 6.55. The van der Waals surface area contributed by atoms with Gasteiger partial charge in [0.05, 0.1) is 12.7 Å². The first kappa shape index (κ1) is 14.9. The average molecular weight is 252 g/mol. The van der Waals surface area contributed by atoms with Gasteiger partial charge in [0.1, 0.15) is 0 Å². The van der Waals surface area contributed by atoms with Crippen molar-refractivity contribution in [3.63, 3.8) is 0 Å². The van der Waals surface area contributed by atoms with Crippen molar-refractivity contribution >= 4 is 0 Å². The molecule has 0 amide bonds. The molecule has 18 heavy (non-hydrogen) atoms. The van der Waals surface area contributed by atoms with Crippen LogP contribution in [0.25, 0.3) is 0 Å². The lowest BCUT2D eigenvalue weighted by Gasteiger charge is -2.16. The quantitative estimate of drug-likeness (QED) is 0.771. The Morgan fingerprint density at radius 1 is 1.33 bits per heavy atom. The fraction of sp³-hybridized carbons (Fsp3) is 0.643. The molecule has 0 aliphatic heterocycles. The maximum absolute atomic E-state index is 5.68. The van der Waals surface area contributed by atoms with Crippen LogP contribution in [0.3, 0.4) is 0 Å². The highest BCUT2D eigenvalue weighted by atomic mass is 16.5. The van der Waals surface area contributed by atoms with Crippen molar-refractivity contribution in [3.05, 3.63) is 23.9 Å². The van der Waals surface area contributed by atoms with E-state index in [1.165, 1.54) is 0 Å². The van der Waals surface area contributed by atoms with Crippen molar-refractivity contribution in [1.29, 1.82) is 0 Å². The van der Waals surface area contributed by atoms with Crippen LogP contribution in [0.5, 0.6) is 5.88 Å². The smallest absolute Gasteiger partial charge is 0.218 e. The van der Waals surface area contributed by atoms with Gasteiger partial charge in [-0.15, -0.1) is 0 Å². The second-order valence-corrected chi connectivity index (χ2v) is 4.58. The zero-order valence-electron chi connectivity index (χ0n) is 11.8. The Labute approximate surface area is 110 Å². The lowest BCUT2D eigenvalue weighted by Crippen LogP contribution is -2.30. The van der Waals surface area contributed by atoms with Gasteiger partial charge in [-0.2, -0.15) is 0 Å². The van der Waals surface area contributed by atoms with Crippen LogP contribution in [0, 0.1) is 0 Å². The molecule has 1 unspecified atom stereocenters. The molecule has 4 nitrogen and oxygen atoms in total. The highest BCUT2D eigenvalue weighted by molar-refractivity contribution is 5.25. The number of nitrogens with zero attached hydrogens (tertiary/aromatic N) is 1. The Morgan fingerprint density at radius 2 is 2.11 bits per heavy atom. The van der Waals surface area contributed by atoms with Crippen molar-refractivity contribution in [2.45, 2.75) is 46.4 Å². The van der Waals surface area contributed by atoms with E-state index in [2.05, 4.69) is 17.2 Å². The summed E-state index contributed by atoms with van der Waals surface area (Å²) in [5, 5.41) is 3.40. The third-order valence-electron chi connectivity index (χ3n) is 2.41. The van der Waals surface area contributed by atoms with Gasteiger partial charge in [-0.1, -0.05) is 6.07 Å². The lowest BCUT2D eigenvalue weighted by molar-refractivity contribution is 0.126. The number of pyridine rings is 1. The second kappa shape index (κ2) is 8.06. The third kappa shape index (κ3) is 5.47.